The van der Waals surface area contributed by atoms with Gasteiger partial charge in [-0.15, -0.1) is 0 Å². The summed E-state index contributed by atoms with van der Waals surface area (Å²) in [6.45, 7) is 6.55. The van der Waals surface area contributed by atoms with Crippen LogP contribution >= 0.6 is 0 Å². The molecule has 0 fully saturated rings. The molecular weight excluding hydrogens is 220 g/mol. The minimum Gasteiger partial charge on any atom is -0.300 e. The number of hydrogen-bond donors (Lipinski definition) is 0. The molecule has 0 aliphatic carbocycles. The molecule has 0 saturated carbocycles. The van der Waals surface area contributed by atoms with Crippen molar-refractivity contribution in [2.75, 3.05) is 0 Å². The zero-order valence-corrected chi connectivity index (χ0v) is 11.2. The van der Waals surface area contributed by atoms with Crippen LogP contribution in [-0.2, 0) is 19.2 Å². The summed E-state index contributed by atoms with van der Waals surface area (Å²) in [6.07, 6.45) is 2.08. The van der Waals surface area contributed by atoms with Crippen molar-refractivity contribution in [1.29, 1.82) is 0 Å². The maximum absolute atomic E-state index is 10.6. The predicted octanol–water partition coefficient (Wildman–Crippen LogP) is 2.28. The van der Waals surface area contributed by atoms with Crippen LogP contribution in [0.1, 0.15) is 59.8 Å². The third kappa shape index (κ3) is 17.3. The third-order valence-electron chi connectivity index (χ3n) is 1.82. The van der Waals surface area contributed by atoms with Crippen molar-refractivity contribution in [3.8, 4) is 0 Å². The molecule has 0 atom stereocenters. The second kappa shape index (κ2) is 11.2. The molecule has 0 aliphatic rings. The molecule has 0 amide bonds. The third-order valence-corrected chi connectivity index (χ3v) is 1.82. The maximum atomic E-state index is 10.6. The normalized spacial score (nSPS) is 8.94. The molecule has 0 aliphatic heterocycles. The van der Waals surface area contributed by atoms with Gasteiger partial charge in [0.05, 0.1) is 12.8 Å². The lowest BCUT2D eigenvalue weighted by Gasteiger charge is -1.91. The molecule has 0 spiro atoms. The molecule has 0 heterocycles. The van der Waals surface area contributed by atoms with E-state index in [0.717, 1.165) is 6.42 Å². The lowest BCUT2D eigenvalue weighted by molar-refractivity contribution is -0.127. The lowest BCUT2D eigenvalue weighted by atomic mass is 10.1. The molecule has 98 valence electrons. The van der Waals surface area contributed by atoms with Crippen LogP contribution in [0.25, 0.3) is 0 Å². The topological polar surface area (TPSA) is 68.3 Å². The Morgan fingerprint density at radius 1 is 0.765 bits per heavy atom. The van der Waals surface area contributed by atoms with Crippen molar-refractivity contribution >= 4 is 23.1 Å². The van der Waals surface area contributed by atoms with E-state index in [9.17, 15) is 19.2 Å². The van der Waals surface area contributed by atoms with Gasteiger partial charge in [-0.05, 0) is 20.3 Å². The highest BCUT2D eigenvalue weighted by Crippen LogP contribution is 1.93. The van der Waals surface area contributed by atoms with Crippen molar-refractivity contribution in [2.24, 2.45) is 0 Å². The Kier molecular flexibility index (Phi) is 11.9. The largest absolute Gasteiger partial charge is 0.300 e. The molecule has 0 bridgehead atoms. The predicted molar refractivity (Wildman–Crippen MR) is 65.8 cm³/mol. The van der Waals surface area contributed by atoms with E-state index in [1.54, 1.807) is 6.92 Å². The Morgan fingerprint density at radius 2 is 1.18 bits per heavy atom. The highest BCUT2D eigenvalue weighted by Gasteiger charge is 2.02. The first-order chi connectivity index (χ1) is 7.83. The van der Waals surface area contributed by atoms with Crippen molar-refractivity contribution in [3.63, 3.8) is 0 Å². The van der Waals surface area contributed by atoms with Gasteiger partial charge in [0.25, 0.3) is 0 Å². The molecule has 4 heteroatoms. The summed E-state index contributed by atoms with van der Waals surface area (Å²) >= 11 is 0. The van der Waals surface area contributed by atoms with Gasteiger partial charge in [-0.1, -0.05) is 13.8 Å². The summed E-state index contributed by atoms with van der Waals surface area (Å²) in [5.74, 6) is 0.00722. The Balaban J connectivity index is 0. The second-order valence-corrected chi connectivity index (χ2v) is 3.94. The molecule has 0 aromatic heterocycles. The highest BCUT2D eigenvalue weighted by molar-refractivity contribution is 5.98. The smallest absolute Gasteiger partial charge is 0.140 e. The molecule has 4 nitrogen and oxygen atoms in total. The van der Waals surface area contributed by atoms with Gasteiger partial charge in [-0.2, -0.15) is 0 Å². The Morgan fingerprint density at radius 3 is 1.41 bits per heavy atom. The van der Waals surface area contributed by atoms with Crippen LogP contribution in [-0.4, -0.2) is 23.1 Å². The standard InChI is InChI=1S/C7H12O2.C6H10O2/c1-3-4-7(9)5-6(2)8;1-3-6(8)4-5(2)7/h3-5H2,1-2H3;3-4H2,1-2H3. The number of ketones is 4. The quantitative estimate of drug-likeness (QED) is 0.642. The fourth-order valence-corrected chi connectivity index (χ4v) is 1.05. The van der Waals surface area contributed by atoms with E-state index in [1.807, 2.05) is 6.92 Å². The maximum Gasteiger partial charge on any atom is 0.140 e. The van der Waals surface area contributed by atoms with Crippen LogP contribution in [0, 0.1) is 0 Å². The highest BCUT2D eigenvalue weighted by atomic mass is 16.2. The number of hydrogen-bond acceptors (Lipinski definition) is 4. The molecule has 0 saturated heterocycles. The average molecular weight is 242 g/mol. The molecule has 0 unspecified atom stereocenters. The zero-order valence-electron chi connectivity index (χ0n) is 11.2. The van der Waals surface area contributed by atoms with Crippen LogP contribution in [0.3, 0.4) is 0 Å². The molecule has 0 rings (SSSR count). The zero-order chi connectivity index (χ0) is 13.8. The Bertz CT molecular complexity index is 279. The number of Topliss-reactive ketones (excluding diaryl/α,β-unsaturated/α-hetero) is 4. The van der Waals surface area contributed by atoms with Gasteiger partial charge in [0.2, 0.25) is 0 Å². The number of carbonyl (C=O) groups is 4. The molecule has 0 radical (unpaired) electrons. The van der Waals surface area contributed by atoms with Crippen LogP contribution in [0.5, 0.6) is 0 Å². The SMILES string of the molecule is CCC(=O)CC(C)=O.CCCC(=O)CC(C)=O. The monoisotopic (exact) mass is 242 g/mol. The first kappa shape index (κ1) is 18.1. The first-order valence-corrected chi connectivity index (χ1v) is 5.85. The van der Waals surface area contributed by atoms with E-state index in [0.29, 0.717) is 12.8 Å². The van der Waals surface area contributed by atoms with Crippen LogP contribution in [0.2, 0.25) is 0 Å². The first-order valence-electron chi connectivity index (χ1n) is 5.85. The van der Waals surface area contributed by atoms with Crippen molar-refractivity contribution in [3.05, 3.63) is 0 Å². The van der Waals surface area contributed by atoms with E-state index in [4.69, 9.17) is 0 Å². The van der Waals surface area contributed by atoms with Crippen molar-refractivity contribution < 1.29 is 19.2 Å². The van der Waals surface area contributed by atoms with E-state index < -0.39 is 0 Å². The van der Waals surface area contributed by atoms with Gasteiger partial charge >= 0.3 is 0 Å². The van der Waals surface area contributed by atoms with E-state index in [-0.39, 0.29) is 36.0 Å². The molecule has 0 N–H and O–H groups in total. The summed E-state index contributed by atoms with van der Waals surface area (Å²) in [5.41, 5.74) is 0. The van der Waals surface area contributed by atoms with Gasteiger partial charge in [-0.25, -0.2) is 0 Å². The number of carbonyl (C=O) groups excluding carboxylic acids is 4. The minimum absolute atomic E-state index is 0.0255. The lowest BCUT2D eigenvalue weighted by Crippen LogP contribution is -2.02. The summed E-state index contributed by atoms with van der Waals surface area (Å²) in [6, 6.07) is 0. The average Bonchev–Trinajstić information content (AvgIpc) is 2.16. The number of rotatable bonds is 7. The van der Waals surface area contributed by atoms with E-state index >= 15 is 0 Å². The van der Waals surface area contributed by atoms with Crippen LogP contribution < -0.4 is 0 Å². The summed E-state index contributed by atoms with van der Waals surface area (Å²) < 4.78 is 0. The van der Waals surface area contributed by atoms with E-state index in [2.05, 4.69) is 0 Å². The summed E-state index contributed by atoms with van der Waals surface area (Å²) in [5, 5.41) is 0. The van der Waals surface area contributed by atoms with E-state index in [1.165, 1.54) is 13.8 Å². The molecule has 17 heavy (non-hydrogen) atoms. The fourth-order valence-electron chi connectivity index (χ4n) is 1.05. The van der Waals surface area contributed by atoms with Gasteiger partial charge < -0.3 is 0 Å². The summed E-state index contributed by atoms with van der Waals surface area (Å²) in [7, 11) is 0. The van der Waals surface area contributed by atoms with Crippen LogP contribution in [0.4, 0.5) is 0 Å². The minimum atomic E-state index is -0.0446. The van der Waals surface area contributed by atoms with Crippen molar-refractivity contribution in [2.45, 2.75) is 59.8 Å². The van der Waals surface area contributed by atoms with Gasteiger partial charge in [0, 0.05) is 12.8 Å². The van der Waals surface area contributed by atoms with Gasteiger partial charge in [0.15, 0.2) is 0 Å². The molecular formula is C13H22O4. The fraction of sp³-hybridized carbons (Fsp3) is 0.692. The Labute approximate surface area is 103 Å². The summed E-state index contributed by atoms with van der Waals surface area (Å²) in [4.78, 5) is 41.5. The Hall–Kier alpha value is -1.32. The van der Waals surface area contributed by atoms with Crippen molar-refractivity contribution in [1.82, 2.24) is 0 Å². The van der Waals surface area contributed by atoms with Crippen LogP contribution in [0.15, 0.2) is 0 Å². The van der Waals surface area contributed by atoms with Gasteiger partial charge in [0.1, 0.15) is 23.1 Å². The second-order valence-electron chi connectivity index (χ2n) is 3.94. The molecule has 0 aromatic carbocycles. The van der Waals surface area contributed by atoms with Gasteiger partial charge in [-0.3, -0.25) is 19.2 Å². The molecule has 0 aromatic rings.